The smallest absolute Gasteiger partial charge is 0.259 e. The Hall–Kier alpha value is -2.17. The average molecular weight is 554 g/mol. The summed E-state index contributed by atoms with van der Waals surface area (Å²) in [6.07, 6.45) is 2.34. The monoisotopic (exact) mass is 552 g/mol. The number of sulfonamides is 1. The molecule has 8 nitrogen and oxygen atoms in total. The first-order valence-electron chi connectivity index (χ1n) is 12.0. The highest BCUT2D eigenvalue weighted by Gasteiger charge is 2.46. The Labute approximate surface area is 221 Å². The fourth-order valence-electron chi connectivity index (χ4n) is 4.74. The van der Waals surface area contributed by atoms with Crippen LogP contribution in [0.2, 0.25) is 10.0 Å². The SMILES string of the molecule is NC1CCC(NC(=O)C2N(C(=O)CCc3ccccc3)CCN2S(=O)(=O)c2ccc(Cl)c(Cl)c2)CC1. The molecule has 2 aromatic carbocycles. The molecule has 2 amide bonds. The predicted molar refractivity (Wildman–Crippen MR) is 139 cm³/mol. The van der Waals surface area contributed by atoms with E-state index < -0.39 is 22.1 Å². The van der Waals surface area contributed by atoms with Crippen molar-refractivity contribution in [2.24, 2.45) is 5.73 Å². The minimum atomic E-state index is -4.14. The number of aryl methyl sites for hydroxylation is 1. The van der Waals surface area contributed by atoms with Crippen LogP contribution in [0.3, 0.4) is 0 Å². The Morgan fingerprint density at radius 3 is 2.33 bits per heavy atom. The summed E-state index contributed by atoms with van der Waals surface area (Å²) in [6.45, 7) is 0.106. The van der Waals surface area contributed by atoms with Gasteiger partial charge in [0.2, 0.25) is 15.9 Å². The molecule has 2 fully saturated rings. The molecule has 2 aliphatic rings. The van der Waals surface area contributed by atoms with Gasteiger partial charge in [0.25, 0.3) is 5.91 Å². The molecule has 4 rings (SSSR count). The average Bonchev–Trinajstić information content (AvgIpc) is 3.33. The lowest BCUT2D eigenvalue weighted by Gasteiger charge is -2.32. The second kappa shape index (κ2) is 11.5. The number of hydrogen-bond acceptors (Lipinski definition) is 5. The molecule has 2 aromatic rings. The van der Waals surface area contributed by atoms with Gasteiger partial charge in [0.15, 0.2) is 6.17 Å². The molecular weight excluding hydrogens is 523 g/mol. The molecule has 1 aliphatic heterocycles. The molecule has 1 unspecified atom stereocenters. The van der Waals surface area contributed by atoms with Crippen molar-refractivity contribution in [2.45, 2.75) is 61.7 Å². The summed E-state index contributed by atoms with van der Waals surface area (Å²) >= 11 is 12.0. The normalized spacial score (nSPS) is 23.0. The van der Waals surface area contributed by atoms with Crippen LogP contribution in [0.5, 0.6) is 0 Å². The quantitative estimate of drug-likeness (QED) is 0.547. The Bertz CT molecular complexity index is 1200. The van der Waals surface area contributed by atoms with E-state index >= 15 is 0 Å². The summed E-state index contributed by atoms with van der Waals surface area (Å²) in [7, 11) is -4.14. The molecule has 0 spiro atoms. The molecule has 36 heavy (non-hydrogen) atoms. The van der Waals surface area contributed by atoms with Crippen LogP contribution >= 0.6 is 23.2 Å². The van der Waals surface area contributed by atoms with Crippen LogP contribution in [-0.4, -0.2) is 60.8 Å². The summed E-state index contributed by atoms with van der Waals surface area (Å²) in [4.78, 5) is 28.0. The Kier molecular flexibility index (Phi) is 8.57. The number of benzene rings is 2. The summed E-state index contributed by atoms with van der Waals surface area (Å²) in [6, 6.07) is 13.5. The molecule has 1 saturated heterocycles. The largest absolute Gasteiger partial charge is 0.350 e. The highest BCUT2D eigenvalue weighted by Crippen LogP contribution is 2.30. The van der Waals surface area contributed by atoms with Gasteiger partial charge >= 0.3 is 0 Å². The molecule has 3 N–H and O–H groups in total. The second-order valence-electron chi connectivity index (χ2n) is 9.26. The van der Waals surface area contributed by atoms with E-state index in [0.29, 0.717) is 19.3 Å². The molecule has 11 heteroatoms. The highest BCUT2D eigenvalue weighted by atomic mass is 35.5. The standard InChI is InChI=1S/C25H30Cl2N4O4S/c26-21-12-11-20(16-22(21)27)36(34,35)31-15-14-30(23(32)13-6-17-4-2-1-3-5-17)25(31)24(33)29-19-9-7-18(28)8-10-19/h1-5,11-12,16,18-19,25H,6-10,13-15,28H2,(H,29,33). The van der Waals surface area contributed by atoms with Crippen molar-refractivity contribution in [3.05, 3.63) is 64.1 Å². The number of halogens is 2. The van der Waals surface area contributed by atoms with Gasteiger partial charge in [0.05, 0.1) is 14.9 Å². The van der Waals surface area contributed by atoms with Crippen molar-refractivity contribution in [2.75, 3.05) is 13.1 Å². The van der Waals surface area contributed by atoms with Crippen LogP contribution in [0.1, 0.15) is 37.7 Å². The van der Waals surface area contributed by atoms with Gasteiger partial charge in [-0.3, -0.25) is 9.59 Å². The molecule has 1 heterocycles. The molecule has 1 aliphatic carbocycles. The van der Waals surface area contributed by atoms with Gasteiger partial charge in [-0.15, -0.1) is 0 Å². The number of nitrogens with zero attached hydrogens (tertiary/aromatic N) is 2. The van der Waals surface area contributed by atoms with Crippen LogP contribution in [0.25, 0.3) is 0 Å². The lowest BCUT2D eigenvalue weighted by molar-refractivity contribution is -0.141. The molecule has 0 radical (unpaired) electrons. The van der Waals surface area contributed by atoms with Crippen molar-refractivity contribution < 1.29 is 18.0 Å². The number of nitrogens with two attached hydrogens (primary N) is 1. The summed E-state index contributed by atoms with van der Waals surface area (Å²) < 4.78 is 28.3. The lowest BCUT2D eigenvalue weighted by Crippen LogP contribution is -2.56. The number of nitrogens with one attached hydrogen (secondary N) is 1. The van der Waals surface area contributed by atoms with Crippen molar-refractivity contribution in [3.63, 3.8) is 0 Å². The Balaban J connectivity index is 1.58. The predicted octanol–water partition coefficient (Wildman–Crippen LogP) is 3.17. The maximum atomic E-state index is 13.6. The maximum absolute atomic E-state index is 13.6. The molecule has 1 atom stereocenters. The minimum Gasteiger partial charge on any atom is -0.350 e. The van der Waals surface area contributed by atoms with E-state index in [9.17, 15) is 18.0 Å². The zero-order valence-electron chi connectivity index (χ0n) is 19.8. The van der Waals surface area contributed by atoms with Crippen LogP contribution in [0.4, 0.5) is 0 Å². The molecule has 0 aromatic heterocycles. The minimum absolute atomic E-state index is 0.00666. The molecule has 0 bridgehead atoms. The highest BCUT2D eigenvalue weighted by molar-refractivity contribution is 7.89. The first-order valence-corrected chi connectivity index (χ1v) is 14.2. The van der Waals surface area contributed by atoms with E-state index in [1.54, 1.807) is 0 Å². The summed E-state index contributed by atoms with van der Waals surface area (Å²) in [5.41, 5.74) is 6.98. The molecule has 1 saturated carbocycles. The fraction of sp³-hybridized carbons (Fsp3) is 0.440. The van der Waals surface area contributed by atoms with Crippen LogP contribution in [-0.2, 0) is 26.0 Å². The fourth-order valence-corrected chi connectivity index (χ4v) is 6.68. The van der Waals surface area contributed by atoms with E-state index in [0.717, 1.165) is 22.7 Å². The number of carbonyl (C=O) groups is 2. The number of amides is 2. The molecule has 194 valence electrons. The summed E-state index contributed by atoms with van der Waals surface area (Å²) in [5, 5.41) is 3.28. The van der Waals surface area contributed by atoms with Crippen molar-refractivity contribution in [3.8, 4) is 0 Å². The van der Waals surface area contributed by atoms with Crippen LogP contribution < -0.4 is 11.1 Å². The van der Waals surface area contributed by atoms with E-state index in [2.05, 4.69) is 5.32 Å². The number of carbonyl (C=O) groups excluding carboxylic acids is 2. The summed E-state index contributed by atoms with van der Waals surface area (Å²) in [5.74, 6) is -0.791. The van der Waals surface area contributed by atoms with Gasteiger partial charge in [0.1, 0.15) is 0 Å². The third-order valence-corrected chi connectivity index (χ3v) is 9.36. The Morgan fingerprint density at radius 2 is 1.67 bits per heavy atom. The zero-order valence-corrected chi connectivity index (χ0v) is 22.1. The third-order valence-electron chi connectivity index (χ3n) is 6.77. The van der Waals surface area contributed by atoms with Gasteiger partial charge in [0, 0.05) is 31.6 Å². The van der Waals surface area contributed by atoms with E-state index in [4.69, 9.17) is 28.9 Å². The van der Waals surface area contributed by atoms with Crippen molar-refractivity contribution in [1.82, 2.24) is 14.5 Å². The Morgan fingerprint density at radius 1 is 0.972 bits per heavy atom. The maximum Gasteiger partial charge on any atom is 0.259 e. The van der Waals surface area contributed by atoms with Gasteiger partial charge < -0.3 is 16.0 Å². The third kappa shape index (κ3) is 6.03. The van der Waals surface area contributed by atoms with E-state index in [1.807, 2.05) is 30.3 Å². The topological polar surface area (TPSA) is 113 Å². The lowest BCUT2D eigenvalue weighted by atomic mass is 9.92. The van der Waals surface area contributed by atoms with Crippen molar-refractivity contribution >= 4 is 45.0 Å². The number of rotatable bonds is 7. The van der Waals surface area contributed by atoms with Gasteiger partial charge in [-0.1, -0.05) is 53.5 Å². The van der Waals surface area contributed by atoms with Gasteiger partial charge in [-0.25, -0.2) is 8.42 Å². The number of hydrogen-bond donors (Lipinski definition) is 2. The van der Waals surface area contributed by atoms with Gasteiger partial charge in [-0.2, -0.15) is 4.31 Å². The van der Waals surface area contributed by atoms with E-state index in [-0.39, 0.29) is 52.4 Å². The zero-order chi connectivity index (χ0) is 25.9. The van der Waals surface area contributed by atoms with E-state index in [1.165, 1.54) is 23.1 Å². The van der Waals surface area contributed by atoms with Crippen LogP contribution in [0, 0.1) is 0 Å². The van der Waals surface area contributed by atoms with Crippen molar-refractivity contribution in [1.29, 1.82) is 0 Å². The second-order valence-corrected chi connectivity index (χ2v) is 12.0. The van der Waals surface area contributed by atoms with Crippen LogP contribution in [0.15, 0.2) is 53.4 Å². The first kappa shape index (κ1) is 26.9. The molecular formula is C25H30Cl2N4O4S. The first-order chi connectivity index (χ1) is 17.2. The van der Waals surface area contributed by atoms with Gasteiger partial charge in [-0.05, 0) is 55.9 Å².